The van der Waals surface area contributed by atoms with E-state index < -0.39 is 5.97 Å². The van der Waals surface area contributed by atoms with Crippen LogP contribution in [0.25, 0.3) is 10.8 Å². The maximum absolute atomic E-state index is 12.7. The van der Waals surface area contributed by atoms with Gasteiger partial charge in [0, 0.05) is 17.3 Å². The SMILES string of the molecule is COC(=O)COc1cccc2c(=O)n(CC(=O)Nc3ccccc3)ccc12. The van der Waals surface area contributed by atoms with Gasteiger partial charge in [0.05, 0.1) is 12.5 Å². The topological polar surface area (TPSA) is 86.6 Å². The third kappa shape index (κ3) is 4.33. The molecule has 0 aliphatic heterocycles. The van der Waals surface area contributed by atoms with Gasteiger partial charge in [-0.25, -0.2) is 4.79 Å². The number of hydrogen-bond acceptors (Lipinski definition) is 5. The summed E-state index contributed by atoms with van der Waals surface area (Å²) in [4.78, 5) is 36.2. The number of nitrogens with one attached hydrogen (secondary N) is 1. The first-order valence-electron chi connectivity index (χ1n) is 8.25. The number of hydrogen-bond donors (Lipinski definition) is 1. The molecule has 0 aliphatic carbocycles. The lowest BCUT2D eigenvalue weighted by Gasteiger charge is -2.11. The zero-order valence-corrected chi connectivity index (χ0v) is 14.7. The van der Waals surface area contributed by atoms with E-state index in [-0.39, 0.29) is 24.6 Å². The Kier molecular flexibility index (Phi) is 5.51. The van der Waals surface area contributed by atoms with Crippen molar-refractivity contribution >= 4 is 28.3 Å². The predicted molar refractivity (Wildman–Crippen MR) is 101 cm³/mol. The number of para-hydroxylation sites is 1. The van der Waals surface area contributed by atoms with E-state index in [0.717, 1.165) is 0 Å². The Labute approximate surface area is 155 Å². The number of amides is 1. The Bertz CT molecular complexity index is 1030. The molecule has 0 saturated carbocycles. The summed E-state index contributed by atoms with van der Waals surface area (Å²) >= 11 is 0. The van der Waals surface area contributed by atoms with Crippen LogP contribution in [0.15, 0.2) is 65.6 Å². The molecule has 1 N–H and O–H groups in total. The van der Waals surface area contributed by atoms with Crippen molar-refractivity contribution in [3.63, 3.8) is 0 Å². The molecule has 0 bridgehead atoms. The van der Waals surface area contributed by atoms with E-state index in [0.29, 0.717) is 22.2 Å². The Morgan fingerprint density at radius 1 is 1.00 bits per heavy atom. The first-order chi connectivity index (χ1) is 13.1. The standard InChI is InChI=1S/C20H18N2O5/c1-26-19(24)13-27-17-9-5-8-16-15(17)10-11-22(20(16)25)12-18(23)21-14-6-3-2-4-7-14/h2-11H,12-13H2,1H3,(H,21,23). The van der Waals surface area contributed by atoms with Gasteiger partial charge in [-0.3, -0.25) is 9.59 Å². The molecule has 0 atom stereocenters. The van der Waals surface area contributed by atoms with E-state index in [9.17, 15) is 14.4 Å². The Balaban J connectivity index is 1.82. The van der Waals surface area contributed by atoms with Crippen LogP contribution in [0.1, 0.15) is 0 Å². The quantitative estimate of drug-likeness (QED) is 0.676. The highest BCUT2D eigenvalue weighted by Gasteiger charge is 2.11. The summed E-state index contributed by atoms with van der Waals surface area (Å²) in [6, 6.07) is 15.7. The molecule has 0 unspecified atom stereocenters. The Hall–Kier alpha value is -3.61. The molecule has 1 amide bonds. The maximum Gasteiger partial charge on any atom is 0.343 e. The van der Waals surface area contributed by atoms with E-state index in [4.69, 9.17) is 4.74 Å². The average Bonchev–Trinajstić information content (AvgIpc) is 2.69. The molecule has 0 saturated heterocycles. The van der Waals surface area contributed by atoms with Gasteiger partial charge in [-0.1, -0.05) is 24.3 Å². The van der Waals surface area contributed by atoms with Crippen LogP contribution in [0.2, 0.25) is 0 Å². The van der Waals surface area contributed by atoms with Crippen LogP contribution in [0.5, 0.6) is 5.75 Å². The van der Waals surface area contributed by atoms with Crippen molar-refractivity contribution in [3.8, 4) is 5.75 Å². The minimum Gasteiger partial charge on any atom is -0.481 e. The van der Waals surface area contributed by atoms with Crippen molar-refractivity contribution < 1.29 is 19.1 Å². The molecule has 3 aromatic rings. The van der Waals surface area contributed by atoms with Crippen molar-refractivity contribution in [3.05, 3.63) is 71.1 Å². The molecule has 27 heavy (non-hydrogen) atoms. The first-order valence-corrected chi connectivity index (χ1v) is 8.25. The highest BCUT2D eigenvalue weighted by molar-refractivity contribution is 5.91. The number of carbonyl (C=O) groups is 2. The molecule has 3 rings (SSSR count). The minimum atomic E-state index is -0.516. The highest BCUT2D eigenvalue weighted by atomic mass is 16.6. The number of rotatable bonds is 6. The summed E-state index contributed by atoms with van der Waals surface area (Å²) in [5, 5.41) is 3.70. The fourth-order valence-electron chi connectivity index (χ4n) is 2.61. The highest BCUT2D eigenvalue weighted by Crippen LogP contribution is 2.23. The van der Waals surface area contributed by atoms with Crippen molar-refractivity contribution in [2.45, 2.75) is 6.54 Å². The molecule has 0 radical (unpaired) electrons. The lowest BCUT2D eigenvalue weighted by Crippen LogP contribution is -2.27. The second-order valence-electron chi connectivity index (χ2n) is 5.75. The molecule has 2 aromatic carbocycles. The Morgan fingerprint density at radius 2 is 1.78 bits per heavy atom. The third-order valence-corrected chi connectivity index (χ3v) is 3.92. The van der Waals surface area contributed by atoms with Crippen molar-refractivity contribution in [2.24, 2.45) is 0 Å². The van der Waals surface area contributed by atoms with Crippen LogP contribution in [0.4, 0.5) is 5.69 Å². The van der Waals surface area contributed by atoms with Crippen LogP contribution < -0.4 is 15.6 Å². The van der Waals surface area contributed by atoms with Crippen LogP contribution >= 0.6 is 0 Å². The van der Waals surface area contributed by atoms with E-state index in [1.165, 1.54) is 17.9 Å². The molecular weight excluding hydrogens is 348 g/mol. The predicted octanol–water partition coefficient (Wildman–Crippen LogP) is 2.19. The van der Waals surface area contributed by atoms with Crippen LogP contribution in [-0.4, -0.2) is 30.2 Å². The summed E-state index contributed by atoms with van der Waals surface area (Å²) in [5.41, 5.74) is 0.342. The third-order valence-electron chi connectivity index (χ3n) is 3.92. The van der Waals surface area contributed by atoms with E-state index in [1.54, 1.807) is 36.4 Å². The first kappa shape index (κ1) is 18.2. The zero-order valence-electron chi connectivity index (χ0n) is 14.7. The van der Waals surface area contributed by atoms with Gasteiger partial charge in [0.15, 0.2) is 6.61 Å². The second kappa shape index (κ2) is 8.18. The molecule has 7 heteroatoms. The fraction of sp³-hybridized carbons (Fsp3) is 0.150. The number of benzene rings is 2. The summed E-state index contributed by atoms with van der Waals surface area (Å²) in [5.74, 6) is -0.422. The number of anilines is 1. The Morgan fingerprint density at radius 3 is 2.52 bits per heavy atom. The number of pyridine rings is 1. The van der Waals surface area contributed by atoms with E-state index >= 15 is 0 Å². The molecule has 138 valence electrons. The number of aromatic nitrogens is 1. The zero-order chi connectivity index (χ0) is 19.2. The van der Waals surface area contributed by atoms with Gasteiger partial charge in [-0.2, -0.15) is 0 Å². The molecular formula is C20H18N2O5. The summed E-state index contributed by atoms with van der Waals surface area (Å²) in [7, 11) is 1.27. The number of esters is 1. The van der Waals surface area contributed by atoms with E-state index in [1.807, 2.05) is 18.2 Å². The summed E-state index contributed by atoms with van der Waals surface area (Å²) in [6.07, 6.45) is 1.53. The van der Waals surface area contributed by atoms with Crippen LogP contribution in [0.3, 0.4) is 0 Å². The number of fused-ring (bicyclic) bond motifs is 1. The molecule has 1 aromatic heterocycles. The van der Waals surface area contributed by atoms with Crippen LogP contribution in [0, 0.1) is 0 Å². The summed E-state index contributed by atoms with van der Waals surface area (Å²) < 4.78 is 11.3. The number of carbonyl (C=O) groups excluding carboxylic acids is 2. The smallest absolute Gasteiger partial charge is 0.343 e. The number of nitrogens with zero attached hydrogens (tertiary/aromatic N) is 1. The van der Waals surface area contributed by atoms with Gasteiger partial charge in [0.1, 0.15) is 12.3 Å². The summed E-state index contributed by atoms with van der Waals surface area (Å²) in [6.45, 7) is -0.366. The van der Waals surface area contributed by atoms with Crippen molar-refractivity contribution in [1.82, 2.24) is 4.57 Å². The lowest BCUT2D eigenvalue weighted by molar-refractivity contribution is -0.142. The lowest BCUT2D eigenvalue weighted by atomic mass is 10.1. The maximum atomic E-state index is 12.7. The monoisotopic (exact) mass is 366 g/mol. The normalized spacial score (nSPS) is 10.4. The van der Waals surface area contributed by atoms with Crippen molar-refractivity contribution in [1.29, 1.82) is 0 Å². The van der Waals surface area contributed by atoms with Gasteiger partial charge in [-0.05, 0) is 30.3 Å². The van der Waals surface area contributed by atoms with Crippen molar-refractivity contribution in [2.75, 3.05) is 19.0 Å². The molecule has 0 spiro atoms. The van der Waals surface area contributed by atoms with Crippen LogP contribution in [-0.2, 0) is 20.9 Å². The number of ether oxygens (including phenoxy) is 2. The van der Waals surface area contributed by atoms with Gasteiger partial charge >= 0.3 is 5.97 Å². The molecule has 0 aliphatic rings. The van der Waals surface area contributed by atoms with Gasteiger partial charge in [-0.15, -0.1) is 0 Å². The number of methoxy groups -OCH3 is 1. The minimum absolute atomic E-state index is 0.114. The fourth-order valence-corrected chi connectivity index (χ4v) is 2.61. The molecule has 0 fully saturated rings. The molecule has 1 heterocycles. The second-order valence-corrected chi connectivity index (χ2v) is 5.75. The van der Waals surface area contributed by atoms with E-state index in [2.05, 4.69) is 10.1 Å². The van der Waals surface area contributed by atoms with Gasteiger partial charge in [0.2, 0.25) is 5.91 Å². The van der Waals surface area contributed by atoms with Gasteiger partial charge in [0.25, 0.3) is 5.56 Å². The van der Waals surface area contributed by atoms with Gasteiger partial charge < -0.3 is 19.4 Å². The molecule has 7 nitrogen and oxygen atoms in total. The average molecular weight is 366 g/mol. The largest absolute Gasteiger partial charge is 0.481 e.